The second-order valence-electron chi connectivity index (χ2n) is 8.95. The van der Waals surface area contributed by atoms with Crippen LogP contribution in [-0.2, 0) is 5.41 Å². The number of thiol groups is 2. The largest absolute Gasteiger partial charge is 0.494 e. The van der Waals surface area contributed by atoms with E-state index in [2.05, 4.69) is 87.6 Å². The van der Waals surface area contributed by atoms with E-state index in [1.165, 1.54) is 34.1 Å². The van der Waals surface area contributed by atoms with Gasteiger partial charge in [-0.05, 0) is 59.6 Å². The van der Waals surface area contributed by atoms with Crippen molar-refractivity contribution in [3.8, 4) is 11.5 Å². The van der Waals surface area contributed by atoms with Crippen LogP contribution >= 0.6 is 72.3 Å². The zero-order valence-electron chi connectivity index (χ0n) is 22.4. The van der Waals surface area contributed by atoms with Crippen LogP contribution < -0.4 is 9.47 Å². The molecule has 0 aromatic heterocycles. The van der Waals surface area contributed by atoms with Crippen molar-refractivity contribution >= 4 is 72.3 Å². The number of hydrogen-bond acceptors (Lipinski definition) is 8. The summed E-state index contributed by atoms with van der Waals surface area (Å²) in [4.78, 5) is 0. The van der Waals surface area contributed by atoms with Crippen molar-refractivity contribution in [1.29, 1.82) is 0 Å². The van der Waals surface area contributed by atoms with E-state index in [1.54, 1.807) is 0 Å². The Morgan fingerprint density at radius 3 is 1.70 bits per heavy atom. The standard InChI is InChI=1S/C29H44O2S6/c1-29(2,25-9-11-26(12-10-25)30-13-5-17-34-21-23-36-19-15-32)27-7-3-4-8-28(27)31-14-6-18-35-22-24-37-20-16-33/h3-4,7-12,32-33H,5-6,13-24H2,1-2H3. The predicted molar refractivity (Wildman–Crippen MR) is 182 cm³/mol. The zero-order chi connectivity index (χ0) is 26.6. The molecule has 0 amide bonds. The number of ether oxygens (including phenoxy) is 2. The highest BCUT2D eigenvalue weighted by Gasteiger charge is 2.26. The maximum atomic E-state index is 6.27. The summed E-state index contributed by atoms with van der Waals surface area (Å²) in [5.74, 6) is 13.3. The van der Waals surface area contributed by atoms with E-state index in [1.807, 2.05) is 47.0 Å². The Kier molecular flexibility index (Phi) is 18.9. The first kappa shape index (κ1) is 33.3. The summed E-state index contributed by atoms with van der Waals surface area (Å²) < 4.78 is 12.3. The molecular weight excluding hydrogens is 573 g/mol. The van der Waals surface area contributed by atoms with Crippen LogP contribution in [0.2, 0.25) is 0 Å². The molecule has 0 bridgehead atoms. The minimum Gasteiger partial charge on any atom is -0.494 e. The van der Waals surface area contributed by atoms with Gasteiger partial charge in [0.25, 0.3) is 0 Å². The van der Waals surface area contributed by atoms with Crippen LogP contribution in [0.1, 0.15) is 37.8 Å². The monoisotopic (exact) mass is 616 g/mol. The Balaban J connectivity index is 1.76. The van der Waals surface area contributed by atoms with Gasteiger partial charge in [0.15, 0.2) is 0 Å². The van der Waals surface area contributed by atoms with Crippen LogP contribution in [0.25, 0.3) is 0 Å². The Morgan fingerprint density at radius 1 is 0.622 bits per heavy atom. The third kappa shape index (κ3) is 13.9. The molecule has 0 saturated carbocycles. The normalized spacial score (nSPS) is 11.6. The molecule has 8 heteroatoms. The molecule has 0 atom stereocenters. The molecule has 0 N–H and O–H groups in total. The van der Waals surface area contributed by atoms with Gasteiger partial charge in [-0.15, -0.1) is 0 Å². The fourth-order valence-electron chi connectivity index (χ4n) is 3.70. The molecule has 0 radical (unpaired) electrons. The molecule has 2 nitrogen and oxygen atoms in total. The van der Waals surface area contributed by atoms with Crippen LogP contribution in [0.3, 0.4) is 0 Å². The topological polar surface area (TPSA) is 18.5 Å². The first-order valence-corrected chi connectivity index (χ1v) is 19.0. The van der Waals surface area contributed by atoms with Gasteiger partial charge < -0.3 is 9.47 Å². The lowest BCUT2D eigenvalue weighted by Gasteiger charge is -2.28. The van der Waals surface area contributed by atoms with Crippen molar-refractivity contribution < 1.29 is 9.47 Å². The van der Waals surface area contributed by atoms with E-state index in [4.69, 9.17) is 9.47 Å². The van der Waals surface area contributed by atoms with E-state index >= 15 is 0 Å². The quantitative estimate of drug-likeness (QED) is 0.102. The summed E-state index contributed by atoms with van der Waals surface area (Å²) in [5.41, 5.74) is 2.33. The number of thioether (sulfide) groups is 4. The first-order valence-electron chi connectivity index (χ1n) is 13.1. The van der Waals surface area contributed by atoms with Gasteiger partial charge in [-0.1, -0.05) is 44.2 Å². The molecule has 0 heterocycles. The van der Waals surface area contributed by atoms with E-state index in [0.717, 1.165) is 72.1 Å². The van der Waals surface area contributed by atoms with Gasteiger partial charge in [0.1, 0.15) is 11.5 Å². The number of hydrogen-bond donors (Lipinski definition) is 2. The minimum absolute atomic E-state index is 0.157. The molecule has 2 aromatic rings. The van der Waals surface area contributed by atoms with E-state index in [9.17, 15) is 0 Å². The number of benzene rings is 2. The SMILES string of the molecule is CC(C)(c1ccc(OCCCSCCSCCS)cc1)c1ccccc1OCCCSCCSCCS. The molecule has 0 aliphatic rings. The highest BCUT2D eigenvalue weighted by atomic mass is 32.2. The lowest BCUT2D eigenvalue weighted by molar-refractivity contribution is 0.311. The Bertz CT molecular complexity index is 831. The summed E-state index contributed by atoms with van der Waals surface area (Å²) >= 11 is 16.5. The third-order valence-corrected chi connectivity index (χ3v) is 11.4. The Morgan fingerprint density at radius 2 is 1.14 bits per heavy atom. The van der Waals surface area contributed by atoms with Gasteiger partial charge >= 0.3 is 0 Å². The van der Waals surface area contributed by atoms with Crippen LogP contribution in [0.4, 0.5) is 0 Å². The number of para-hydroxylation sites is 1. The second kappa shape index (κ2) is 21.0. The molecule has 0 unspecified atom stereocenters. The van der Waals surface area contributed by atoms with Crippen LogP contribution in [-0.4, -0.2) is 70.7 Å². The predicted octanol–water partition coefficient (Wildman–Crippen LogP) is 8.34. The van der Waals surface area contributed by atoms with Crippen molar-refractivity contribution in [2.24, 2.45) is 0 Å². The lowest BCUT2D eigenvalue weighted by Crippen LogP contribution is -2.20. The minimum atomic E-state index is -0.157. The zero-order valence-corrected chi connectivity index (χ0v) is 27.4. The fourth-order valence-corrected chi connectivity index (χ4v) is 8.08. The summed E-state index contributed by atoms with van der Waals surface area (Å²) in [7, 11) is 0. The van der Waals surface area contributed by atoms with E-state index in [-0.39, 0.29) is 5.41 Å². The third-order valence-electron chi connectivity index (χ3n) is 5.74. The van der Waals surface area contributed by atoms with Crippen LogP contribution in [0.5, 0.6) is 11.5 Å². The number of rotatable bonds is 22. The first-order chi connectivity index (χ1) is 18.1. The maximum absolute atomic E-state index is 6.27. The average Bonchev–Trinajstić information content (AvgIpc) is 2.91. The molecule has 0 fully saturated rings. The van der Waals surface area contributed by atoms with Gasteiger partial charge in [-0.25, -0.2) is 0 Å². The molecule has 0 saturated heterocycles. The highest BCUT2D eigenvalue weighted by Crippen LogP contribution is 2.37. The van der Waals surface area contributed by atoms with E-state index < -0.39 is 0 Å². The van der Waals surface area contributed by atoms with Gasteiger partial charge in [0, 0.05) is 45.5 Å². The van der Waals surface area contributed by atoms with Gasteiger partial charge in [-0.2, -0.15) is 72.3 Å². The second-order valence-corrected chi connectivity index (χ2v) is 14.7. The van der Waals surface area contributed by atoms with Crippen molar-refractivity contribution in [2.75, 3.05) is 70.7 Å². The average molecular weight is 617 g/mol. The Hall–Kier alpha value is 0.140. The lowest BCUT2D eigenvalue weighted by atomic mass is 9.77. The van der Waals surface area contributed by atoms with Crippen molar-refractivity contribution in [1.82, 2.24) is 0 Å². The molecule has 0 aliphatic heterocycles. The summed E-state index contributed by atoms with van der Waals surface area (Å²) in [6, 6.07) is 17.1. The molecule has 0 spiro atoms. The molecule has 2 rings (SSSR count). The summed E-state index contributed by atoms with van der Waals surface area (Å²) in [6.07, 6.45) is 2.14. The summed E-state index contributed by atoms with van der Waals surface area (Å²) in [5, 5.41) is 0. The molecular formula is C29H44O2S6. The van der Waals surface area contributed by atoms with Crippen molar-refractivity contribution in [3.05, 3.63) is 59.7 Å². The van der Waals surface area contributed by atoms with Crippen LogP contribution in [0.15, 0.2) is 48.5 Å². The molecule has 37 heavy (non-hydrogen) atoms. The fraction of sp³-hybridized carbons (Fsp3) is 0.586. The van der Waals surface area contributed by atoms with E-state index in [0.29, 0.717) is 0 Å². The van der Waals surface area contributed by atoms with Gasteiger partial charge in [-0.3, -0.25) is 0 Å². The van der Waals surface area contributed by atoms with Crippen molar-refractivity contribution in [2.45, 2.75) is 32.1 Å². The smallest absolute Gasteiger partial charge is 0.123 e. The van der Waals surface area contributed by atoms with Crippen molar-refractivity contribution in [3.63, 3.8) is 0 Å². The van der Waals surface area contributed by atoms with Gasteiger partial charge in [0.2, 0.25) is 0 Å². The van der Waals surface area contributed by atoms with Gasteiger partial charge in [0.05, 0.1) is 13.2 Å². The molecule has 2 aromatic carbocycles. The highest BCUT2D eigenvalue weighted by molar-refractivity contribution is 8.03. The maximum Gasteiger partial charge on any atom is 0.123 e. The van der Waals surface area contributed by atoms with Crippen LogP contribution in [0, 0.1) is 0 Å². The molecule has 0 aliphatic carbocycles. The summed E-state index contributed by atoms with van der Waals surface area (Å²) in [6.45, 7) is 6.07. The molecule has 208 valence electrons. The Labute approximate surface area is 254 Å².